The van der Waals surface area contributed by atoms with Crippen molar-refractivity contribution in [1.29, 1.82) is 0 Å². The third kappa shape index (κ3) is 2.77. The second-order valence-electron chi connectivity index (χ2n) is 4.56. The summed E-state index contributed by atoms with van der Waals surface area (Å²) < 4.78 is 5.38. The first-order valence-corrected chi connectivity index (χ1v) is 6.20. The highest BCUT2D eigenvalue weighted by molar-refractivity contribution is 5.76. The van der Waals surface area contributed by atoms with Crippen LogP contribution in [0.4, 0.5) is 0 Å². The van der Waals surface area contributed by atoms with Gasteiger partial charge in [-0.3, -0.25) is 14.8 Å². The molecule has 2 aromatic rings. The Labute approximate surface area is 117 Å². The zero-order chi connectivity index (χ0) is 14.7. The molecule has 104 valence electrons. The molecular formula is C15H16N2O3. The quantitative estimate of drug-likeness (QED) is 0.925. The number of methoxy groups -OCH3 is 1. The van der Waals surface area contributed by atoms with Crippen LogP contribution in [0.3, 0.4) is 0 Å². The van der Waals surface area contributed by atoms with Gasteiger partial charge in [-0.1, -0.05) is 0 Å². The van der Waals surface area contributed by atoms with Crippen molar-refractivity contribution < 1.29 is 14.6 Å². The molecule has 0 saturated heterocycles. The molecule has 0 unspecified atom stereocenters. The largest absolute Gasteiger partial charge is 0.496 e. The number of nitrogens with zero attached hydrogens (tertiary/aromatic N) is 2. The number of hydrogen-bond donors (Lipinski definition) is 1. The predicted molar refractivity (Wildman–Crippen MR) is 74.8 cm³/mol. The molecule has 0 aliphatic heterocycles. The Balaban J connectivity index is 2.62. The highest BCUT2D eigenvalue weighted by Crippen LogP contribution is 2.32. The summed E-state index contributed by atoms with van der Waals surface area (Å²) in [7, 11) is 1.58. The maximum absolute atomic E-state index is 10.9. The SMILES string of the molecule is COc1cc(C)c(C)cc1-c1nccnc1CC(=O)O. The highest BCUT2D eigenvalue weighted by atomic mass is 16.5. The van der Waals surface area contributed by atoms with E-state index in [9.17, 15) is 4.79 Å². The fourth-order valence-electron chi connectivity index (χ4n) is 2.01. The number of aliphatic carboxylic acids is 1. The van der Waals surface area contributed by atoms with Gasteiger partial charge in [0, 0.05) is 18.0 Å². The molecule has 5 heteroatoms. The van der Waals surface area contributed by atoms with Gasteiger partial charge in [-0.15, -0.1) is 0 Å². The van der Waals surface area contributed by atoms with E-state index in [2.05, 4.69) is 9.97 Å². The molecule has 0 aliphatic carbocycles. The van der Waals surface area contributed by atoms with Crippen molar-refractivity contribution in [3.8, 4) is 17.0 Å². The first kappa shape index (κ1) is 14.0. The Kier molecular flexibility index (Phi) is 3.98. The van der Waals surface area contributed by atoms with Crippen LogP contribution in [0, 0.1) is 13.8 Å². The average Bonchev–Trinajstić information content (AvgIpc) is 2.41. The van der Waals surface area contributed by atoms with Gasteiger partial charge in [0.1, 0.15) is 5.75 Å². The Morgan fingerprint density at radius 1 is 1.20 bits per heavy atom. The smallest absolute Gasteiger partial charge is 0.309 e. The minimum Gasteiger partial charge on any atom is -0.496 e. The topological polar surface area (TPSA) is 72.3 Å². The van der Waals surface area contributed by atoms with Crippen LogP contribution in [0.25, 0.3) is 11.3 Å². The van der Waals surface area contributed by atoms with Crippen LogP contribution >= 0.6 is 0 Å². The fraction of sp³-hybridized carbons (Fsp3) is 0.267. The minimum atomic E-state index is -0.936. The monoisotopic (exact) mass is 272 g/mol. The summed E-state index contributed by atoms with van der Waals surface area (Å²) in [6.07, 6.45) is 2.88. The Bertz CT molecular complexity index is 654. The zero-order valence-corrected chi connectivity index (χ0v) is 11.7. The molecule has 1 N–H and O–H groups in total. The van der Waals surface area contributed by atoms with Gasteiger partial charge in [-0.25, -0.2) is 0 Å². The van der Waals surface area contributed by atoms with Gasteiger partial charge in [0.25, 0.3) is 0 Å². The number of hydrogen-bond acceptors (Lipinski definition) is 4. The molecule has 0 bridgehead atoms. The van der Waals surface area contributed by atoms with Crippen LogP contribution in [0.2, 0.25) is 0 Å². The molecule has 0 saturated carbocycles. The molecular weight excluding hydrogens is 256 g/mol. The number of carboxylic acid groups (broad SMARTS) is 1. The Hall–Kier alpha value is -2.43. The molecule has 0 amide bonds. The third-order valence-corrected chi connectivity index (χ3v) is 3.16. The normalized spacial score (nSPS) is 10.3. The van der Waals surface area contributed by atoms with E-state index in [1.54, 1.807) is 13.3 Å². The number of carboxylic acids is 1. The maximum atomic E-state index is 10.9. The maximum Gasteiger partial charge on any atom is 0.309 e. The van der Waals surface area contributed by atoms with Crippen molar-refractivity contribution in [2.45, 2.75) is 20.3 Å². The van der Waals surface area contributed by atoms with Gasteiger partial charge in [0.15, 0.2) is 0 Å². The minimum absolute atomic E-state index is 0.167. The van der Waals surface area contributed by atoms with Crippen molar-refractivity contribution >= 4 is 5.97 Å². The summed E-state index contributed by atoms with van der Waals surface area (Å²) in [4.78, 5) is 19.3. The lowest BCUT2D eigenvalue weighted by atomic mass is 10.0. The van der Waals surface area contributed by atoms with E-state index < -0.39 is 5.97 Å². The molecule has 0 spiro atoms. The van der Waals surface area contributed by atoms with Crippen molar-refractivity contribution in [2.75, 3.05) is 7.11 Å². The lowest BCUT2D eigenvalue weighted by Gasteiger charge is -2.13. The Morgan fingerprint density at radius 2 is 1.85 bits per heavy atom. The summed E-state index contributed by atoms with van der Waals surface area (Å²) in [6.45, 7) is 3.99. The number of rotatable bonds is 4. The Morgan fingerprint density at radius 3 is 2.50 bits per heavy atom. The lowest BCUT2D eigenvalue weighted by Crippen LogP contribution is -2.06. The number of aromatic nitrogens is 2. The summed E-state index contributed by atoms with van der Waals surface area (Å²) in [6, 6.07) is 3.87. The molecule has 5 nitrogen and oxygen atoms in total. The van der Waals surface area contributed by atoms with E-state index in [4.69, 9.17) is 9.84 Å². The molecule has 1 aromatic carbocycles. The number of carbonyl (C=O) groups is 1. The van der Waals surface area contributed by atoms with Gasteiger partial charge in [-0.05, 0) is 37.1 Å². The van der Waals surface area contributed by atoms with Crippen LogP contribution in [0.1, 0.15) is 16.8 Å². The molecule has 1 aromatic heterocycles. The van der Waals surface area contributed by atoms with Gasteiger partial charge in [-0.2, -0.15) is 0 Å². The van der Waals surface area contributed by atoms with E-state index in [1.165, 1.54) is 6.20 Å². The first-order chi connectivity index (χ1) is 9.52. The second-order valence-corrected chi connectivity index (χ2v) is 4.56. The van der Waals surface area contributed by atoms with E-state index in [0.29, 0.717) is 17.1 Å². The van der Waals surface area contributed by atoms with Gasteiger partial charge < -0.3 is 9.84 Å². The van der Waals surface area contributed by atoms with Crippen molar-refractivity contribution in [1.82, 2.24) is 9.97 Å². The number of benzene rings is 1. The van der Waals surface area contributed by atoms with Crippen LogP contribution < -0.4 is 4.74 Å². The van der Waals surface area contributed by atoms with Crippen LogP contribution in [-0.4, -0.2) is 28.2 Å². The standard InChI is InChI=1S/C15H16N2O3/c1-9-6-11(13(20-3)7-10(9)2)15-12(8-14(18)19)16-4-5-17-15/h4-7H,8H2,1-3H3,(H,18,19). The lowest BCUT2D eigenvalue weighted by molar-refractivity contribution is -0.136. The van der Waals surface area contributed by atoms with Gasteiger partial charge in [0.05, 0.1) is 24.9 Å². The molecule has 20 heavy (non-hydrogen) atoms. The predicted octanol–water partition coefficient (Wildman–Crippen LogP) is 2.40. The molecule has 0 atom stereocenters. The molecule has 0 aliphatic rings. The van der Waals surface area contributed by atoms with Crippen LogP contribution in [0.15, 0.2) is 24.5 Å². The third-order valence-electron chi connectivity index (χ3n) is 3.16. The second kappa shape index (κ2) is 5.69. The molecule has 1 heterocycles. The average molecular weight is 272 g/mol. The zero-order valence-electron chi connectivity index (χ0n) is 11.7. The summed E-state index contributed by atoms with van der Waals surface area (Å²) in [5.41, 5.74) is 3.94. The van der Waals surface area contributed by atoms with Crippen LogP contribution in [-0.2, 0) is 11.2 Å². The van der Waals surface area contributed by atoms with E-state index in [0.717, 1.165) is 16.7 Å². The molecule has 0 radical (unpaired) electrons. The van der Waals surface area contributed by atoms with Gasteiger partial charge in [0.2, 0.25) is 0 Å². The van der Waals surface area contributed by atoms with Crippen LogP contribution in [0.5, 0.6) is 5.75 Å². The molecule has 0 fully saturated rings. The number of aryl methyl sites for hydroxylation is 2. The van der Waals surface area contributed by atoms with E-state index in [1.807, 2.05) is 26.0 Å². The van der Waals surface area contributed by atoms with Crippen molar-refractivity contribution in [2.24, 2.45) is 0 Å². The highest BCUT2D eigenvalue weighted by Gasteiger charge is 2.16. The fourth-order valence-corrected chi connectivity index (χ4v) is 2.01. The van der Waals surface area contributed by atoms with Crippen molar-refractivity contribution in [3.05, 3.63) is 41.3 Å². The summed E-state index contributed by atoms with van der Waals surface area (Å²) in [5, 5.41) is 8.96. The first-order valence-electron chi connectivity index (χ1n) is 6.20. The van der Waals surface area contributed by atoms with E-state index >= 15 is 0 Å². The van der Waals surface area contributed by atoms with E-state index in [-0.39, 0.29) is 6.42 Å². The van der Waals surface area contributed by atoms with Crippen molar-refractivity contribution in [3.63, 3.8) is 0 Å². The van der Waals surface area contributed by atoms with Gasteiger partial charge >= 0.3 is 5.97 Å². The molecule has 2 rings (SSSR count). The number of ether oxygens (including phenoxy) is 1. The summed E-state index contributed by atoms with van der Waals surface area (Å²) in [5.74, 6) is -0.269. The summed E-state index contributed by atoms with van der Waals surface area (Å²) >= 11 is 0.